The molecule has 176 valence electrons. The van der Waals surface area contributed by atoms with Gasteiger partial charge in [0, 0.05) is 22.0 Å². The second kappa shape index (κ2) is 9.64. The topological polar surface area (TPSA) is 81.1 Å². The van der Waals surface area contributed by atoms with E-state index in [-0.39, 0.29) is 5.91 Å². The van der Waals surface area contributed by atoms with Crippen LogP contribution < -0.4 is 15.4 Å². The predicted molar refractivity (Wildman–Crippen MR) is 137 cm³/mol. The number of aryl methyl sites for hydroxylation is 1. The van der Waals surface area contributed by atoms with Crippen LogP contribution in [0, 0.1) is 6.92 Å². The number of fused-ring (bicyclic) bond motifs is 1. The quantitative estimate of drug-likeness (QED) is 0.363. The maximum Gasteiger partial charge on any atom is 0.255 e. The monoisotopic (exact) mass is 485 g/mol. The molecule has 35 heavy (non-hydrogen) atoms. The zero-order valence-electron chi connectivity index (χ0n) is 19.3. The van der Waals surface area contributed by atoms with E-state index in [1.807, 2.05) is 43.3 Å². The lowest BCUT2D eigenvalue weighted by molar-refractivity contribution is -0.113. The molecule has 0 radical (unpaired) electrons. The van der Waals surface area contributed by atoms with Crippen LogP contribution in [-0.2, 0) is 11.4 Å². The number of benzene rings is 3. The Balaban J connectivity index is 1.50. The molecule has 8 heteroatoms. The van der Waals surface area contributed by atoms with Crippen molar-refractivity contribution in [2.45, 2.75) is 26.5 Å². The summed E-state index contributed by atoms with van der Waals surface area (Å²) < 4.78 is 7.96. The molecule has 0 saturated carbocycles. The van der Waals surface area contributed by atoms with Gasteiger partial charge in [-0.2, -0.15) is 10.1 Å². The lowest BCUT2D eigenvalue weighted by Gasteiger charge is -2.29. The SMILES string of the molecule is CC1=C(C(=O)Nc2ccc(Cl)cc2)C(c2ccccc2OCc2ccc(C)cc2)n2ncnc2N1. The van der Waals surface area contributed by atoms with Crippen LogP contribution in [0.5, 0.6) is 5.75 Å². The number of hydrogen-bond acceptors (Lipinski definition) is 5. The average molecular weight is 486 g/mol. The molecule has 0 bridgehead atoms. The van der Waals surface area contributed by atoms with Gasteiger partial charge in [0.2, 0.25) is 5.95 Å². The van der Waals surface area contributed by atoms with Crippen LogP contribution in [0.25, 0.3) is 0 Å². The number of hydrogen-bond donors (Lipinski definition) is 2. The average Bonchev–Trinajstić information content (AvgIpc) is 3.32. The van der Waals surface area contributed by atoms with Crippen molar-refractivity contribution in [3.8, 4) is 5.75 Å². The van der Waals surface area contributed by atoms with Gasteiger partial charge >= 0.3 is 0 Å². The summed E-state index contributed by atoms with van der Waals surface area (Å²) in [5.41, 5.74) is 4.92. The molecule has 3 aromatic carbocycles. The first kappa shape index (κ1) is 22.7. The number of carbonyl (C=O) groups excluding carboxylic acids is 1. The van der Waals surface area contributed by atoms with Gasteiger partial charge in [-0.1, -0.05) is 59.6 Å². The molecule has 1 aromatic heterocycles. The molecule has 0 aliphatic carbocycles. The molecular weight excluding hydrogens is 462 g/mol. The van der Waals surface area contributed by atoms with E-state index in [9.17, 15) is 4.79 Å². The number of nitrogens with one attached hydrogen (secondary N) is 2. The van der Waals surface area contributed by atoms with Crippen LogP contribution in [0.1, 0.15) is 29.7 Å². The number of anilines is 2. The predicted octanol–water partition coefficient (Wildman–Crippen LogP) is 5.75. The van der Waals surface area contributed by atoms with Gasteiger partial charge in [-0.15, -0.1) is 0 Å². The zero-order chi connectivity index (χ0) is 24.4. The lowest BCUT2D eigenvalue weighted by atomic mass is 9.94. The molecule has 7 nitrogen and oxygen atoms in total. The molecule has 0 fully saturated rings. The largest absolute Gasteiger partial charge is 0.489 e. The maximum absolute atomic E-state index is 13.6. The minimum absolute atomic E-state index is 0.253. The van der Waals surface area contributed by atoms with E-state index in [1.54, 1.807) is 28.9 Å². The smallest absolute Gasteiger partial charge is 0.255 e. The van der Waals surface area contributed by atoms with Crippen molar-refractivity contribution in [1.29, 1.82) is 0 Å². The van der Waals surface area contributed by atoms with Crippen LogP contribution >= 0.6 is 11.6 Å². The number of para-hydroxylation sites is 1. The molecule has 0 saturated heterocycles. The maximum atomic E-state index is 13.6. The van der Waals surface area contributed by atoms with Crippen molar-refractivity contribution in [2.75, 3.05) is 10.6 Å². The number of carbonyl (C=O) groups is 1. The van der Waals surface area contributed by atoms with Crippen LogP contribution in [0.3, 0.4) is 0 Å². The Kier molecular flexibility index (Phi) is 6.25. The molecule has 0 spiro atoms. The summed E-state index contributed by atoms with van der Waals surface area (Å²) in [6.45, 7) is 4.32. The Morgan fingerprint density at radius 3 is 2.57 bits per heavy atom. The fourth-order valence-corrected chi connectivity index (χ4v) is 4.21. The molecule has 1 aliphatic rings. The second-order valence-corrected chi connectivity index (χ2v) is 8.80. The number of ether oxygens (including phenoxy) is 1. The van der Waals surface area contributed by atoms with Gasteiger partial charge in [0.25, 0.3) is 5.91 Å². The summed E-state index contributed by atoms with van der Waals surface area (Å²) in [5.74, 6) is 0.978. The summed E-state index contributed by atoms with van der Waals surface area (Å²) >= 11 is 6.00. The first-order valence-electron chi connectivity index (χ1n) is 11.2. The fourth-order valence-electron chi connectivity index (χ4n) is 4.09. The minimum Gasteiger partial charge on any atom is -0.489 e. The Bertz CT molecular complexity index is 1390. The molecule has 5 rings (SSSR count). The van der Waals surface area contributed by atoms with Gasteiger partial charge < -0.3 is 15.4 Å². The Hall–Kier alpha value is -4.10. The number of nitrogens with zero attached hydrogens (tertiary/aromatic N) is 3. The van der Waals surface area contributed by atoms with E-state index in [0.717, 1.165) is 11.1 Å². The van der Waals surface area contributed by atoms with Gasteiger partial charge in [0.05, 0.1) is 5.57 Å². The summed E-state index contributed by atoms with van der Waals surface area (Å²) in [4.78, 5) is 17.9. The van der Waals surface area contributed by atoms with E-state index < -0.39 is 6.04 Å². The van der Waals surface area contributed by atoms with E-state index in [2.05, 4.69) is 39.8 Å². The molecular formula is C27H24ClN5O2. The van der Waals surface area contributed by atoms with Crippen LogP contribution in [0.15, 0.2) is 90.4 Å². The van der Waals surface area contributed by atoms with Crippen molar-refractivity contribution in [1.82, 2.24) is 14.8 Å². The minimum atomic E-state index is -0.532. The van der Waals surface area contributed by atoms with Gasteiger partial charge in [-0.3, -0.25) is 4.79 Å². The van der Waals surface area contributed by atoms with Gasteiger partial charge in [0.1, 0.15) is 24.7 Å². The Labute approximate surface area is 208 Å². The van der Waals surface area contributed by atoms with E-state index >= 15 is 0 Å². The molecule has 4 aromatic rings. The summed E-state index contributed by atoms with van der Waals surface area (Å²) in [5, 5.41) is 11.2. The molecule has 1 atom stereocenters. The van der Waals surface area contributed by atoms with Crippen molar-refractivity contribution in [3.63, 3.8) is 0 Å². The van der Waals surface area contributed by atoms with Crippen LogP contribution in [-0.4, -0.2) is 20.7 Å². The molecule has 2 heterocycles. The van der Waals surface area contributed by atoms with E-state index in [1.165, 1.54) is 11.9 Å². The Morgan fingerprint density at radius 2 is 1.80 bits per heavy atom. The Morgan fingerprint density at radius 1 is 1.06 bits per heavy atom. The number of amides is 1. The third kappa shape index (κ3) is 4.76. The molecule has 1 unspecified atom stereocenters. The van der Waals surface area contributed by atoms with Crippen molar-refractivity contribution in [2.24, 2.45) is 0 Å². The number of rotatable bonds is 6. The third-order valence-corrected chi connectivity index (χ3v) is 6.12. The highest BCUT2D eigenvalue weighted by atomic mass is 35.5. The fraction of sp³-hybridized carbons (Fsp3) is 0.148. The van der Waals surface area contributed by atoms with Gasteiger partial charge in [-0.05, 0) is 49.7 Å². The van der Waals surface area contributed by atoms with E-state index in [0.29, 0.717) is 40.3 Å². The second-order valence-electron chi connectivity index (χ2n) is 8.37. The molecule has 2 N–H and O–H groups in total. The first-order valence-corrected chi connectivity index (χ1v) is 11.6. The molecule has 1 aliphatic heterocycles. The highest BCUT2D eigenvalue weighted by Gasteiger charge is 2.35. The highest BCUT2D eigenvalue weighted by molar-refractivity contribution is 6.30. The van der Waals surface area contributed by atoms with Crippen molar-refractivity contribution in [3.05, 3.63) is 112 Å². The van der Waals surface area contributed by atoms with Gasteiger partial charge in [0.15, 0.2) is 0 Å². The zero-order valence-corrected chi connectivity index (χ0v) is 20.1. The summed E-state index contributed by atoms with van der Waals surface area (Å²) in [7, 11) is 0. The van der Waals surface area contributed by atoms with Crippen molar-refractivity contribution >= 4 is 29.1 Å². The first-order chi connectivity index (χ1) is 17.0. The third-order valence-electron chi connectivity index (χ3n) is 5.87. The van der Waals surface area contributed by atoms with E-state index in [4.69, 9.17) is 16.3 Å². The summed E-state index contributed by atoms with van der Waals surface area (Å²) in [6, 6.07) is 22.4. The normalized spacial score (nSPS) is 14.8. The highest BCUT2D eigenvalue weighted by Crippen LogP contribution is 2.39. The summed E-state index contributed by atoms with van der Waals surface area (Å²) in [6.07, 6.45) is 1.47. The molecule has 1 amide bonds. The number of halogens is 1. The van der Waals surface area contributed by atoms with Gasteiger partial charge in [-0.25, -0.2) is 4.68 Å². The van der Waals surface area contributed by atoms with Crippen LogP contribution in [0.4, 0.5) is 11.6 Å². The lowest BCUT2D eigenvalue weighted by Crippen LogP contribution is -2.31. The number of aromatic nitrogens is 3. The van der Waals surface area contributed by atoms with Crippen molar-refractivity contribution < 1.29 is 9.53 Å². The number of allylic oxidation sites excluding steroid dienone is 1. The standard InChI is InChI=1S/C27H24ClN5O2/c1-17-7-9-19(10-8-17)15-35-23-6-4-3-5-22(23)25-24(18(2)31-27-29-16-30-33(25)27)26(34)32-21-13-11-20(28)12-14-21/h3-14,16,25H,15H2,1-2H3,(H,32,34)(H,29,30,31). The van der Waals surface area contributed by atoms with Crippen LogP contribution in [0.2, 0.25) is 5.02 Å².